The summed E-state index contributed by atoms with van der Waals surface area (Å²) in [6, 6.07) is 6.38. The molecular formula is C13H15F2NO3. The van der Waals surface area contributed by atoms with Gasteiger partial charge in [-0.25, -0.2) is 0 Å². The number of nitrogens with one attached hydrogen (secondary N) is 1. The summed E-state index contributed by atoms with van der Waals surface area (Å²) in [5.74, 6) is -0.144. The molecule has 1 aliphatic rings. The van der Waals surface area contributed by atoms with E-state index in [0.29, 0.717) is 18.6 Å². The van der Waals surface area contributed by atoms with Crippen LogP contribution in [-0.2, 0) is 16.1 Å². The van der Waals surface area contributed by atoms with Crippen molar-refractivity contribution in [1.29, 1.82) is 0 Å². The quantitative estimate of drug-likeness (QED) is 0.892. The van der Waals surface area contributed by atoms with Crippen LogP contribution < -0.4 is 10.1 Å². The Bertz CT molecular complexity index is 434. The lowest BCUT2D eigenvalue weighted by Crippen LogP contribution is -2.33. The highest BCUT2D eigenvalue weighted by molar-refractivity contribution is 5.81. The number of halogens is 2. The lowest BCUT2D eigenvalue weighted by atomic mass is 10.2. The summed E-state index contributed by atoms with van der Waals surface area (Å²) >= 11 is 0. The third kappa shape index (κ3) is 3.89. The zero-order chi connectivity index (χ0) is 13.7. The second-order valence-electron chi connectivity index (χ2n) is 4.21. The Kier molecular flexibility index (Phi) is 4.68. The van der Waals surface area contributed by atoms with E-state index in [1.807, 2.05) is 0 Å². The Morgan fingerprint density at radius 3 is 2.95 bits per heavy atom. The van der Waals surface area contributed by atoms with Crippen LogP contribution in [0.5, 0.6) is 5.75 Å². The summed E-state index contributed by atoms with van der Waals surface area (Å²) in [5.41, 5.74) is 0.508. The van der Waals surface area contributed by atoms with Crippen molar-refractivity contribution < 1.29 is 23.0 Å². The molecule has 0 aliphatic carbocycles. The van der Waals surface area contributed by atoms with E-state index >= 15 is 0 Å². The maximum absolute atomic E-state index is 12.2. The molecule has 1 N–H and O–H groups in total. The van der Waals surface area contributed by atoms with E-state index in [-0.39, 0.29) is 18.2 Å². The lowest BCUT2D eigenvalue weighted by molar-refractivity contribution is -0.130. The van der Waals surface area contributed by atoms with Crippen molar-refractivity contribution in [2.75, 3.05) is 6.61 Å². The van der Waals surface area contributed by atoms with Gasteiger partial charge in [0, 0.05) is 18.7 Å². The number of hydrogen-bond donors (Lipinski definition) is 1. The van der Waals surface area contributed by atoms with Crippen LogP contribution in [0.25, 0.3) is 0 Å². The largest absolute Gasteiger partial charge is 0.434 e. The van der Waals surface area contributed by atoms with E-state index in [0.717, 1.165) is 6.42 Å². The molecule has 0 spiro atoms. The molecule has 1 amide bonds. The van der Waals surface area contributed by atoms with E-state index in [1.165, 1.54) is 6.07 Å². The number of benzene rings is 1. The summed E-state index contributed by atoms with van der Waals surface area (Å²) in [6.07, 6.45) is 1.13. The maximum Gasteiger partial charge on any atom is 0.387 e. The number of carbonyl (C=O) groups excluding carboxylic acids is 1. The molecule has 104 valence electrons. The van der Waals surface area contributed by atoms with Crippen molar-refractivity contribution in [2.45, 2.75) is 32.1 Å². The fourth-order valence-corrected chi connectivity index (χ4v) is 1.94. The van der Waals surface area contributed by atoms with E-state index in [1.54, 1.807) is 18.2 Å². The van der Waals surface area contributed by atoms with Gasteiger partial charge < -0.3 is 14.8 Å². The molecule has 0 unspecified atom stereocenters. The second kappa shape index (κ2) is 6.47. The molecule has 1 heterocycles. The second-order valence-corrected chi connectivity index (χ2v) is 4.21. The highest BCUT2D eigenvalue weighted by atomic mass is 19.3. The zero-order valence-electron chi connectivity index (χ0n) is 10.3. The Hall–Kier alpha value is -1.69. The molecule has 1 saturated heterocycles. The fourth-order valence-electron chi connectivity index (χ4n) is 1.94. The Balaban J connectivity index is 1.93. The number of carbonyl (C=O) groups is 1. The molecule has 0 radical (unpaired) electrons. The van der Waals surface area contributed by atoms with Crippen LogP contribution in [0.4, 0.5) is 8.78 Å². The van der Waals surface area contributed by atoms with E-state index in [9.17, 15) is 13.6 Å². The molecular weight excluding hydrogens is 256 g/mol. The molecule has 6 heteroatoms. The third-order valence-corrected chi connectivity index (χ3v) is 2.86. The van der Waals surface area contributed by atoms with Gasteiger partial charge in [-0.3, -0.25) is 4.79 Å². The summed E-state index contributed by atoms with van der Waals surface area (Å²) in [5, 5.41) is 2.67. The van der Waals surface area contributed by atoms with Crippen molar-refractivity contribution >= 4 is 5.91 Å². The SMILES string of the molecule is O=C(NCc1ccccc1OC(F)F)[C@H]1CCCO1. The zero-order valence-corrected chi connectivity index (χ0v) is 10.3. The summed E-state index contributed by atoms with van der Waals surface area (Å²) in [6.45, 7) is -2.15. The van der Waals surface area contributed by atoms with Crippen LogP contribution in [0.3, 0.4) is 0 Å². The molecule has 1 aromatic rings. The van der Waals surface area contributed by atoms with Gasteiger partial charge in [0.2, 0.25) is 5.91 Å². The predicted octanol–water partition coefficient (Wildman–Crippen LogP) is 2.08. The highest BCUT2D eigenvalue weighted by Gasteiger charge is 2.23. The number of rotatable bonds is 5. The first-order valence-corrected chi connectivity index (χ1v) is 6.09. The van der Waals surface area contributed by atoms with Gasteiger partial charge in [-0.2, -0.15) is 8.78 Å². The first-order valence-electron chi connectivity index (χ1n) is 6.09. The van der Waals surface area contributed by atoms with E-state index in [2.05, 4.69) is 10.1 Å². The first kappa shape index (κ1) is 13.7. The molecule has 1 aromatic carbocycles. The van der Waals surface area contributed by atoms with Gasteiger partial charge in [0.15, 0.2) is 0 Å². The number of alkyl halides is 2. The lowest BCUT2D eigenvalue weighted by Gasteiger charge is -2.13. The van der Waals surface area contributed by atoms with Gasteiger partial charge in [-0.05, 0) is 18.9 Å². The average Bonchev–Trinajstić information content (AvgIpc) is 2.90. The van der Waals surface area contributed by atoms with Crippen LogP contribution in [0.2, 0.25) is 0 Å². The molecule has 0 aromatic heterocycles. The number of para-hydroxylation sites is 1. The van der Waals surface area contributed by atoms with Gasteiger partial charge in [0.05, 0.1) is 0 Å². The summed E-state index contributed by atoms with van der Waals surface area (Å²) < 4.78 is 34.1. The molecule has 0 saturated carbocycles. The van der Waals surface area contributed by atoms with Crippen molar-refractivity contribution in [1.82, 2.24) is 5.32 Å². The molecule has 1 fully saturated rings. The van der Waals surface area contributed by atoms with Crippen LogP contribution in [-0.4, -0.2) is 25.2 Å². The number of amides is 1. The monoisotopic (exact) mass is 271 g/mol. The fraction of sp³-hybridized carbons (Fsp3) is 0.462. The molecule has 19 heavy (non-hydrogen) atoms. The van der Waals surface area contributed by atoms with Crippen LogP contribution >= 0.6 is 0 Å². The third-order valence-electron chi connectivity index (χ3n) is 2.86. The minimum absolute atomic E-state index is 0.0742. The average molecular weight is 271 g/mol. The molecule has 2 rings (SSSR count). The molecule has 0 bridgehead atoms. The van der Waals surface area contributed by atoms with Gasteiger partial charge in [0.1, 0.15) is 11.9 Å². The van der Waals surface area contributed by atoms with Gasteiger partial charge in [-0.15, -0.1) is 0 Å². The van der Waals surface area contributed by atoms with E-state index in [4.69, 9.17) is 4.74 Å². The van der Waals surface area contributed by atoms with Crippen LogP contribution in [0, 0.1) is 0 Å². The topological polar surface area (TPSA) is 47.6 Å². The molecule has 4 nitrogen and oxygen atoms in total. The van der Waals surface area contributed by atoms with Crippen molar-refractivity contribution in [3.05, 3.63) is 29.8 Å². The normalized spacial score (nSPS) is 18.6. The minimum Gasteiger partial charge on any atom is -0.434 e. The van der Waals surface area contributed by atoms with Crippen molar-refractivity contribution in [2.24, 2.45) is 0 Å². The Labute approximate surface area is 109 Å². The predicted molar refractivity (Wildman–Crippen MR) is 63.9 cm³/mol. The molecule has 1 aliphatic heterocycles. The van der Waals surface area contributed by atoms with Gasteiger partial charge >= 0.3 is 6.61 Å². The van der Waals surface area contributed by atoms with Gasteiger partial charge in [-0.1, -0.05) is 18.2 Å². The first-order chi connectivity index (χ1) is 9.16. The van der Waals surface area contributed by atoms with Crippen LogP contribution in [0.1, 0.15) is 18.4 Å². The van der Waals surface area contributed by atoms with Crippen molar-refractivity contribution in [3.63, 3.8) is 0 Å². The standard InChI is InChI=1S/C13H15F2NO3/c14-13(15)19-10-5-2-1-4-9(10)8-16-12(17)11-6-3-7-18-11/h1-2,4-5,11,13H,3,6-8H2,(H,16,17)/t11-/m1/s1. The molecule has 1 atom stereocenters. The highest BCUT2D eigenvalue weighted by Crippen LogP contribution is 2.20. The minimum atomic E-state index is -2.88. The summed E-state index contributed by atoms with van der Waals surface area (Å²) in [7, 11) is 0. The van der Waals surface area contributed by atoms with Crippen molar-refractivity contribution in [3.8, 4) is 5.75 Å². The maximum atomic E-state index is 12.2. The number of hydrogen-bond acceptors (Lipinski definition) is 3. The van der Waals surface area contributed by atoms with Crippen LogP contribution in [0.15, 0.2) is 24.3 Å². The Morgan fingerprint density at radius 2 is 2.26 bits per heavy atom. The van der Waals surface area contributed by atoms with E-state index < -0.39 is 12.7 Å². The summed E-state index contributed by atoms with van der Waals surface area (Å²) in [4.78, 5) is 11.7. The Morgan fingerprint density at radius 1 is 1.47 bits per heavy atom. The smallest absolute Gasteiger partial charge is 0.387 e. The number of ether oxygens (including phenoxy) is 2. The van der Waals surface area contributed by atoms with Gasteiger partial charge in [0.25, 0.3) is 0 Å².